The molecule has 8 heteroatoms. The van der Waals surface area contributed by atoms with E-state index in [0.29, 0.717) is 30.8 Å². The molecule has 5 rings (SSSR count). The molecule has 0 aliphatic carbocycles. The highest BCUT2D eigenvalue weighted by Crippen LogP contribution is 2.31. The number of aromatic nitrogens is 2. The van der Waals surface area contributed by atoms with Gasteiger partial charge in [0.2, 0.25) is 10.0 Å². The van der Waals surface area contributed by atoms with E-state index in [1.165, 1.54) is 10.6 Å². The summed E-state index contributed by atoms with van der Waals surface area (Å²) in [5.41, 5.74) is 5.75. The predicted molar refractivity (Wildman–Crippen MR) is 137 cm³/mol. The lowest BCUT2D eigenvalue weighted by Gasteiger charge is -2.19. The van der Waals surface area contributed by atoms with E-state index in [9.17, 15) is 13.2 Å². The minimum Gasteiger partial charge on any atom is -0.337 e. The van der Waals surface area contributed by atoms with E-state index in [4.69, 9.17) is 5.10 Å². The Morgan fingerprint density at radius 1 is 1.00 bits per heavy atom. The lowest BCUT2D eigenvalue weighted by molar-refractivity contribution is 0.0785. The van der Waals surface area contributed by atoms with E-state index in [1.54, 1.807) is 24.1 Å². The number of nitrogens with zero attached hydrogens (tertiary/aromatic N) is 4. The molecule has 178 valence electrons. The number of para-hydroxylation sites is 1. The molecule has 0 saturated heterocycles. The Kier molecular flexibility index (Phi) is 5.90. The van der Waals surface area contributed by atoms with Crippen molar-refractivity contribution in [2.45, 2.75) is 13.0 Å². The molecule has 0 radical (unpaired) electrons. The van der Waals surface area contributed by atoms with Crippen LogP contribution in [0.3, 0.4) is 0 Å². The highest BCUT2D eigenvalue weighted by molar-refractivity contribution is 7.92. The minimum absolute atomic E-state index is 0.128. The van der Waals surface area contributed by atoms with E-state index in [0.717, 1.165) is 28.1 Å². The van der Waals surface area contributed by atoms with Gasteiger partial charge in [-0.05, 0) is 42.3 Å². The molecule has 2 heterocycles. The van der Waals surface area contributed by atoms with Crippen molar-refractivity contribution >= 4 is 21.6 Å². The first-order chi connectivity index (χ1) is 16.8. The third kappa shape index (κ3) is 4.57. The number of carbonyl (C=O) groups excluding carboxylic acids is 1. The number of fused-ring (bicyclic) bond motifs is 1. The Labute approximate surface area is 205 Å². The first-order valence-corrected chi connectivity index (χ1v) is 13.2. The summed E-state index contributed by atoms with van der Waals surface area (Å²) >= 11 is 0. The zero-order valence-electron chi connectivity index (χ0n) is 19.6. The second-order valence-corrected chi connectivity index (χ2v) is 10.6. The van der Waals surface area contributed by atoms with E-state index in [-0.39, 0.29) is 5.91 Å². The van der Waals surface area contributed by atoms with E-state index in [1.807, 2.05) is 77.6 Å². The highest BCUT2D eigenvalue weighted by atomic mass is 32.2. The fraction of sp³-hybridized carbons (Fsp3) is 0.185. The summed E-state index contributed by atoms with van der Waals surface area (Å²) in [6, 6.07) is 25.0. The molecule has 0 fully saturated rings. The lowest BCUT2D eigenvalue weighted by atomic mass is 10.1. The van der Waals surface area contributed by atoms with Crippen molar-refractivity contribution in [2.75, 3.05) is 24.2 Å². The zero-order valence-corrected chi connectivity index (χ0v) is 20.4. The molecule has 0 saturated carbocycles. The van der Waals surface area contributed by atoms with Crippen molar-refractivity contribution in [1.29, 1.82) is 0 Å². The number of hydrogen-bond acceptors (Lipinski definition) is 4. The molecule has 0 N–H and O–H groups in total. The molecule has 1 aliphatic heterocycles. The standard InChI is InChI=1S/C27H26N4O3S/c1-29(27(32)22-13-14-25-21(17-22)15-16-31(25)35(2,33)34)18-23-19-30(24-11-7-4-8-12-24)28-26(23)20-9-5-3-6-10-20/h3-14,17,19H,15-16,18H2,1-2H3. The largest absolute Gasteiger partial charge is 0.337 e. The molecule has 0 unspecified atom stereocenters. The van der Waals surface area contributed by atoms with E-state index in [2.05, 4.69) is 0 Å². The average molecular weight is 487 g/mol. The normalized spacial score (nSPS) is 13.0. The van der Waals surface area contributed by atoms with Crippen LogP contribution in [0.2, 0.25) is 0 Å². The molecule has 3 aromatic carbocycles. The Morgan fingerprint density at radius 3 is 2.37 bits per heavy atom. The first-order valence-electron chi connectivity index (χ1n) is 11.4. The molecular weight excluding hydrogens is 460 g/mol. The molecule has 35 heavy (non-hydrogen) atoms. The molecule has 0 bridgehead atoms. The van der Waals surface area contributed by atoms with Gasteiger partial charge in [0.05, 0.1) is 23.3 Å². The summed E-state index contributed by atoms with van der Waals surface area (Å²) < 4.78 is 27.3. The molecule has 7 nitrogen and oxygen atoms in total. The number of hydrogen-bond donors (Lipinski definition) is 0. The fourth-order valence-corrected chi connectivity index (χ4v) is 5.43. The van der Waals surface area contributed by atoms with Gasteiger partial charge in [0.1, 0.15) is 0 Å². The predicted octanol–water partition coefficient (Wildman–Crippen LogP) is 4.13. The third-order valence-corrected chi connectivity index (χ3v) is 7.37. The second kappa shape index (κ2) is 9.03. The van der Waals surface area contributed by atoms with Gasteiger partial charge in [-0.1, -0.05) is 48.5 Å². The maximum absolute atomic E-state index is 13.3. The number of anilines is 1. The molecule has 0 spiro atoms. The fourth-order valence-electron chi connectivity index (χ4n) is 4.47. The maximum Gasteiger partial charge on any atom is 0.253 e. The van der Waals surface area contributed by atoms with Crippen molar-refractivity contribution in [2.24, 2.45) is 0 Å². The smallest absolute Gasteiger partial charge is 0.253 e. The Morgan fingerprint density at radius 2 is 1.69 bits per heavy atom. The van der Waals surface area contributed by atoms with Gasteiger partial charge >= 0.3 is 0 Å². The maximum atomic E-state index is 13.3. The summed E-state index contributed by atoms with van der Waals surface area (Å²) in [5, 5.41) is 4.83. The van der Waals surface area contributed by atoms with Gasteiger partial charge in [-0.3, -0.25) is 9.10 Å². The van der Waals surface area contributed by atoms with Crippen LogP contribution in [0.1, 0.15) is 21.5 Å². The third-order valence-electron chi connectivity index (χ3n) is 6.19. The van der Waals surface area contributed by atoms with Gasteiger partial charge in [0.25, 0.3) is 5.91 Å². The van der Waals surface area contributed by atoms with Crippen LogP contribution in [-0.2, 0) is 23.0 Å². The van der Waals surface area contributed by atoms with Crippen LogP contribution in [0.5, 0.6) is 0 Å². The number of amides is 1. The van der Waals surface area contributed by atoms with E-state index >= 15 is 0 Å². The summed E-state index contributed by atoms with van der Waals surface area (Å²) in [4.78, 5) is 15.0. The second-order valence-electron chi connectivity index (χ2n) is 8.74. The van der Waals surface area contributed by atoms with Crippen LogP contribution in [0.15, 0.2) is 85.1 Å². The molecule has 4 aromatic rings. The molecule has 1 amide bonds. The average Bonchev–Trinajstić information content (AvgIpc) is 3.48. The van der Waals surface area contributed by atoms with Crippen LogP contribution in [0, 0.1) is 0 Å². The zero-order chi connectivity index (χ0) is 24.6. The van der Waals surface area contributed by atoms with Crippen molar-refractivity contribution in [3.63, 3.8) is 0 Å². The number of carbonyl (C=O) groups is 1. The van der Waals surface area contributed by atoms with Crippen LogP contribution in [0.4, 0.5) is 5.69 Å². The lowest BCUT2D eigenvalue weighted by Crippen LogP contribution is -2.28. The molecular formula is C27H26N4O3S. The molecule has 1 aliphatic rings. The van der Waals surface area contributed by atoms with Gasteiger partial charge in [0, 0.05) is 43.0 Å². The number of benzene rings is 3. The topological polar surface area (TPSA) is 75.5 Å². The molecule has 1 aromatic heterocycles. The van der Waals surface area contributed by atoms with Crippen LogP contribution in [-0.4, -0.2) is 48.9 Å². The Balaban J connectivity index is 1.43. The number of rotatable bonds is 6. The van der Waals surface area contributed by atoms with Crippen LogP contribution >= 0.6 is 0 Å². The summed E-state index contributed by atoms with van der Waals surface area (Å²) in [6.07, 6.45) is 3.76. The summed E-state index contributed by atoms with van der Waals surface area (Å²) in [6.45, 7) is 0.781. The van der Waals surface area contributed by atoms with Gasteiger partial charge in [-0.25, -0.2) is 13.1 Å². The monoisotopic (exact) mass is 486 g/mol. The molecule has 0 atom stereocenters. The van der Waals surface area contributed by atoms with Gasteiger partial charge < -0.3 is 4.90 Å². The van der Waals surface area contributed by atoms with Crippen molar-refractivity contribution in [3.8, 4) is 16.9 Å². The van der Waals surface area contributed by atoms with Gasteiger partial charge in [0.15, 0.2) is 0 Å². The van der Waals surface area contributed by atoms with Crippen molar-refractivity contribution in [3.05, 3.63) is 102 Å². The first kappa shape index (κ1) is 22.9. The Hall–Kier alpha value is -3.91. The highest BCUT2D eigenvalue weighted by Gasteiger charge is 2.27. The van der Waals surface area contributed by atoms with Gasteiger partial charge in [-0.2, -0.15) is 5.10 Å². The minimum atomic E-state index is -3.33. The Bertz CT molecular complexity index is 1480. The van der Waals surface area contributed by atoms with Gasteiger partial charge in [-0.15, -0.1) is 0 Å². The van der Waals surface area contributed by atoms with Crippen LogP contribution in [0.25, 0.3) is 16.9 Å². The summed E-state index contributed by atoms with van der Waals surface area (Å²) in [7, 11) is -1.56. The van der Waals surface area contributed by atoms with E-state index < -0.39 is 10.0 Å². The quantitative estimate of drug-likeness (QED) is 0.411. The van der Waals surface area contributed by atoms with Crippen LogP contribution < -0.4 is 4.31 Å². The van der Waals surface area contributed by atoms with Crippen molar-refractivity contribution in [1.82, 2.24) is 14.7 Å². The summed E-state index contributed by atoms with van der Waals surface area (Å²) in [5.74, 6) is -0.128. The number of sulfonamides is 1. The van der Waals surface area contributed by atoms with Crippen molar-refractivity contribution < 1.29 is 13.2 Å². The SMILES string of the molecule is CN(Cc1cn(-c2ccccc2)nc1-c1ccccc1)C(=O)c1ccc2c(c1)CCN2S(C)(=O)=O.